The van der Waals surface area contributed by atoms with Crippen molar-refractivity contribution in [2.75, 3.05) is 18.5 Å². The Bertz CT molecular complexity index is 602. The number of aromatic nitrogens is 1. The Kier molecular flexibility index (Phi) is 2.78. The van der Waals surface area contributed by atoms with Gasteiger partial charge in [-0.05, 0) is 32.4 Å². The number of nitrogens with zero attached hydrogens (tertiary/aromatic N) is 2. The van der Waals surface area contributed by atoms with Crippen LogP contribution in [-0.4, -0.2) is 30.2 Å². The van der Waals surface area contributed by atoms with E-state index in [1.165, 1.54) is 5.69 Å². The van der Waals surface area contributed by atoms with Gasteiger partial charge >= 0.3 is 0 Å². The number of hydrogen-bond donors (Lipinski definition) is 1. The van der Waals surface area contributed by atoms with Gasteiger partial charge in [0.1, 0.15) is 5.52 Å². The second kappa shape index (κ2) is 4.23. The average Bonchev–Trinajstić information content (AvgIpc) is 2.88. The van der Waals surface area contributed by atoms with Crippen LogP contribution in [0, 0.1) is 6.92 Å². The van der Waals surface area contributed by atoms with E-state index in [-0.39, 0.29) is 5.54 Å². The summed E-state index contributed by atoms with van der Waals surface area (Å²) < 4.78 is 5.61. The summed E-state index contributed by atoms with van der Waals surface area (Å²) >= 11 is 0. The van der Waals surface area contributed by atoms with Crippen LogP contribution in [0.1, 0.15) is 26.2 Å². The molecule has 0 amide bonds. The molecule has 2 aromatic rings. The fourth-order valence-electron chi connectivity index (χ4n) is 2.86. The highest BCUT2D eigenvalue weighted by atomic mass is 16.3. The van der Waals surface area contributed by atoms with E-state index in [9.17, 15) is 0 Å². The molecule has 19 heavy (non-hydrogen) atoms. The predicted octanol–water partition coefficient (Wildman–Crippen LogP) is 2.71. The molecule has 3 rings (SSSR count). The Morgan fingerprint density at radius 3 is 2.89 bits per heavy atom. The molecule has 1 N–H and O–H groups in total. The molecule has 1 fully saturated rings. The third-order valence-corrected chi connectivity index (χ3v) is 4.00. The molecule has 102 valence electrons. The van der Waals surface area contributed by atoms with Crippen molar-refractivity contribution in [1.82, 2.24) is 10.3 Å². The van der Waals surface area contributed by atoms with Crippen molar-refractivity contribution < 1.29 is 4.42 Å². The average molecular weight is 259 g/mol. The third kappa shape index (κ3) is 2.32. The van der Waals surface area contributed by atoms with Crippen LogP contribution in [-0.2, 0) is 0 Å². The third-order valence-electron chi connectivity index (χ3n) is 4.00. The van der Waals surface area contributed by atoms with E-state index < -0.39 is 0 Å². The van der Waals surface area contributed by atoms with Crippen LogP contribution in [0.3, 0.4) is 0 Å². The van der Waals surface area contributed by atoms with Crippen molar-refractivity contribution in [1.29, 1.82) is 0 Å². The van der Waals surface area contributed by atoms with Gasteiger partial charge in [-0.1, -0.05) is 0 Å². The zero-order chi connectivity index (χ0) is 13.6. The van der Waals surface area contributed by atoms with Gasteiger partial charge in [-0.25, -0.2) is 4.98 Å². The van der Waals surface area contributed by atoms with Gasteiger partial charge < -0.3 is 14.6 Å². The maximum Gasteiger partial charge on any atom is 0.192 e. The van der Waals surface area contributed by atoms with Crippen LogP contribution < -0.4 is 10.2 Å². The van der Waals surface area contributed by atoms with Crippen molar-refractivity contribution in [3.05, 3.63) is 24.1 Å². The number of fused-ring (bicyclic) bond motifs is 1. The maximum atomic E-state index is 5.61. The van der Waals surface area contributed by atoms with Crippen molar-refractivity contribution in [3.63, 3.8) is 0 Å². The topological polar surface area (TPSA) is 41.3 Å². The molecule has 1 aliphatic rings. The van der Waals surface area contributed by atoms with Gasteiger partial charge in [0.15, 0.2) is 11.5 Å². The number of nitrogens with one attached hydrogen (secondary N) is 1. The molecular formula is C15H21N3O. The second-order valence-corrected chi connectivity index (χ2v) is 6.12. The first kappa shape index (κ1) is 12.5. The monoisotopic (exact) mass is 259 g/mol. The van der Waals surface area contributed by atoms with E-state index in [0.717, 1.165) is 30.0 Å². The molecule has 1 aromatic heterocycles. The number of anilines is 1. The minimum Gasteiger partial charge on any atom is -0.441 e. The van der Waals surface area contributed by atoms with Gasteiger partial charge in [0, 0.05) is 43.9 Å². The zero-order valence-electron chi connectivity index (χ0n) is 12.0. The summed E-state index contributed by atoms with van der Waals surface area (Å²) in [5.41, 5.74) is 3.21. The number of oxazole rings is 1. The van der Waals surface area contributed by atoms with E-state index in [2.05, 4.69) is 48.2 Å². The Hall–Kier alpha value is -1.55. The molecular weight excluding hydrogens is 238 g/mol. The summed E-state index contributed by atoms with van der Waals surface area (Å²) in [4.78, 5) is 6.67. The van der Waals surface area contributed by atoms with Crippen LogP contribution in [0.4, 0.5) is 5.69 Å². The maximum absolute atomic E-state index is 5.61. The van der Waals surface area contributed by atoms with Crippen LogP contribution in [0.15, 0.2) is 22.6 Å². The second-order valence-electron chi connectivity index (χ2n) is 6.12. The van der Waals surface area contributed by atoms with Crippen LogP contribution in [0.2, 0.25) is 0 Å². The Balaban J connectivity index is 1.87. The molecule has 2 heterocycles. The number of aryl methyl sites for hydroxylation is 1. The molecule has 1 atom stereocenters. The SMILES string of the molecule is Cc1nc2ccc(N(C)C3CNC(C)(C)C3)cc2o1. The first-order valence-electron chi connectivity index (χ1n) is 6.80. The Labute approximate surface area is 113 Å². The minimum atomic E-state index is 0.228. The number of hydrogen-bond acceptors (Lipinski definition) is 4. The van der Waals surface area contributed by atoms with E-state index in [1.54, 1.807) is 0 Å². The predicted molar refractivity (Wildman–Crippen MR) is 77.6 cm³/mol. The highest BCUT2D eigenvalue weighted by Crippen LogP contribution is 2.28. The molecule has 0 saturated carbocycles. The smallest absolute Gasteiger partial charge is 0.192 e. The van der Waals surface area contributed by atoms with Gasteiger partial charge in [-0.3, -0.25) is 0 Å². The van der Waals surface area contributed by atoms with Crippen molar-refractivity contribution in [2.45, 2.75) is 38.8 Å². The van der Waals surface area contributed by atoms with E-state index >= 15 is 0 Å². The molecule has 1 aliphatic heterocycles. The lowest BCUT2D eigenvalue weighted by Crippen LogP contribution is -2.33. The lowest BCUT2D eigenvalue weighted by Gasteiger charge is -2.27. The van der Waals surface area contributed by atoms with Crippen molar-refractivity contribution in [2.24, 2.45) is 0 Å². The summed E-state index contributed by atoms with van der Waals surface area (Å²) in [6, 6.07) is 6.76. The standard InChI is InChI=1S/C15H21N3O/c1-10-17-13-6-5-11(7-14(13)19-10)18(4)12-8-15(2,3)16-9-12/h5-7,12,16H,8-9H2,1-4H3. The van der Waals surface area contributed by atoms with Crippen LogP contribution in [0.5, 0.6) is 0 Å². The van der Waals surface area contributed by atoms with E-state index in [1.807, 2.05) is 13.0 Å². The van der Waals surface area contributed by atoms with Gasteiger partial charge in [0.2, 0.25) is 0 Å². The zero-order valence-corrected chi connectivity index (χ0v) is 12.0. The molecule has 1 aromatic carbocycles. The molecule has 0 bridgehead atoms. The van der Waals surface area contributed by atoms with Gasteiger partial charge in [-0.15, -0.1) is 0 Å². The number of rotatable bonds is 2. The normalized spacial score (nSPS) is 22.0. The van der Waals surface area contributed by atoms with Crippen LogP contribution >= 0.6 is 0 Å². The first-order chi connectivity index (χ1) is 8.94. The Morgan fingerprint density at radius 1 is 1.42 bits per heavy atom. The molecule has 0 radical (unpaired) electrons. The quantitative estimate of drug-likeness (QED) is 0.900. The van der Waals surface area contributed by atoms with Gasteiger partial charge in [-0.2, -0.15) is 0 Å². The summed E-state index contributed by atoms with van der Waals surface area (Å²) in [7, 11) is 2.15. The van der Waals surface area contributed by atoms with Gasteiger partial charge in [0.05, 0.1) is 0 Å². The van der Waals surface area contributed by atoms with Crippen molar-refractivity contribution in [3.8, 4) is 0 Å². The number of benzene rings is 1. The lowest BCUT2D eigenvalue weighted by molar-refractivity contribution is 0.454. The fourth-order valence-corrected chi connectivity index (χ4v) is 2.86. The van der Waals surface area contributed by atoms with Gasteiger partial charge in [0.25, 0.3) is 0 Å². The summed E-state index contributed by atoms with van der Waals surface area (Å²) in [5.74, 6) is 0.721. The lowest BCUT2D eigenvalue weighted by atomic mass is 10.0. The molecule has 1 saturated heterocycles. The first-order valence-corrected chi connectivity index (χ1v) is 6.80. The highest BCUT2D eigenvalue weighted by molar-refractivity contribution is 5.77. The summed E-state index contributed by atoms with van der Waals surface area (Å²) in [6.07, 6.45) is 1.15. The van der Waals surface area contributed by atoms with E-state index in [0.29, 0.717) is 6.04 Å². The summed E-state index contributed by atoms with van der Waals surface area (Å²) in [6.45, 7) is 7.41. The molecule has 1 unspecified atom stereocenters. The minimum absolute atomic E-state index is 0.228. The largest absolute Gasteiger partial charge is 0.441 e. The number of likely N-dealkylation sites (N-methyl/N-ethyl adjacent to an activating group) is 1. The Morgan fingerprint density at radius 2 is 2.21 bits per heavy atom. The molecule has 4 nitrogen and oxygen atoms in total. The van der Waals surface area contributed by atoms with Crippen LogP contribution in [0.25, 0.3) is 11.1 Å². The van der Waals surface area contributed by atoms with Crippen molar-refractivity contribution >= 4 is 16.8 Å². The molecule has 0 spiro atoms. The van der Waals surface area contributed by atoms with E-state index in [4.69, 9.17) is 4.42 Å². The fraction of sp³-hybridized carbons (Fsp3) is 0.533. The summed E-state index contributed by atoms with van der Waals surface area (Å²) in [5, 5.41) is 3.56. The molecule has 4 heteroatoms. The highest BCUT2D eigenvalue weighted by Gasteiger charge is 2.32. The molecule has 0 aliphatic carbocycles.